The van der Waals surface area contributed by atoms with Gasteiger partial charge in [0.2, 0.25) is 5.94 Å². The van der Waals surface area contributed by atoms with Crippen molar-refractivity contribution in [3.8, 4) is 0 Å². The summed E-state index contributed by atoms with van der Waals surface area (Å²) in [5, 5.41) is 0. The molecule has 0 rings (SSSR count). The van der Waals surface area contributed by atoms with Crippen molar-refractivity contribution in [3.05, 3.63) is 0 Å². The van der Waals surface area contributed by atoms with E-state index in [1.54, 1.807) is 0 Å². The highest BCUT2D eigenvalue weighted by Crippen LogP contribution is 2.16. The molecule has 0 aliphatic heterocycles. The molecule has 0 saturated carbocycles. The first-order valence-electron chi connectivity index (χ1n) is 2.32. The summed E-state index contributed by atoms with van der Waals surface area (Å²) in [7, 11) is -4.72. The van der Waals surface area contributed by atoms with Crippen molar-refractivity contribution in [2.24, 2.45) is 0 Å². The fourth-order valence-electron chi connectivity index (χ4n) is 0.210. The van der Waals surface area contributed by atoms with Crippen LogP contribution in [0.4, 0.5) is 13.2 Å². The van der Waals surface area contributed by atoms with Crippen LogP contribution in [0.25, 0.3) is 0 Å². The average molecular weight is 208 g/mol. The zero-order valence-electron chi connectivity index (χ0n) is 5.33. The summed E-state index contributed by atoms with van der Waals surface area (Å²) in [4.78, 5) is 9.79. The molecule has 12 heavy (non-hydrogen) atoms. The Morgan fingerprint density at radius 3 is 2.08 bits per heavy atom. The molecule has 0 aliphatic rings. The van der Waals surface area contributed by atoms with Crippen molar-refractivity contribution in [3.63, 3.8) is 0 Å². The van der Waals surface area contributed by atoms with Crippen molar-refractivity contribution in [1.29, 1.82) is 0 Å². The number of ether oxygens (including phenoxy) is 1. The quantitative estimate of drug-likeness (QED) is 0.507. The van der Waals surface area contributed by atoms with E-state index < -0.39 is 28.2 Å². The number of hydrogen-bond donors (Lipinski definition) is 1. The van der Waals surface area contributed by atoms with Crippen molar-refractivity contribution >= 4 is 16.1 Å². The molecule has 5 nitrogen and oxygen atoms in total. The standard InChI is InChI=1S/C3H3F3O5S/c4-3(5,6)2(7)11-1-12(8,9)10/h1H2,(H,8,9,10). The zero-order valence-corrected chi connectivity index (χ0v) is 6.15. The van der Waals surface area contributed by atoms with Crippen LogP contribution < -0.4 is 0 Å². The Labute approximate surface area is 64.9 Å². The second-order valence-corrected chi connectivity index (χ2v) is 3.03. The summed E-state index contributed by atoms with van der Waals surface area (Å²) < 4.78 is 64.4. The highest BCUT2D eigenvalue weighted by Gasteiger charge is 2.41. The van der Waals surface area contributed by atoms with E-state index in [1.807, 2.05) is 0 Å². The van der Waals surface area contributed by atoms with Gasteiger partial charge in [0, 0.05) is 0 Å². The minimum atomic E-state index is -5.26. The van der Waals surface area contributed by atoms with Crippen LogP contribution in [-0.4, -0.2) is 31.1 Å². The van der Waals surface area contributed by atoms with Crippen molar-refractivity contribution < 1.29 is 35.7 Å². The van der Waals surface area contributed by atoms with E-state index in [2.05, 4.69) is 4.74 Å². The molecule has 0 bridgehead atoms. The van der Waals surface area contributed by atoms with Crippen LogP contribution in [0.2, 0.25) is 0 Å². The van der Waals surface area contributed by atoms with Crippen LogP contribution in [-0.2, 0) is 19.6 Å². The molecule has 0 aliphatic carbocycles. The van der Waals surface area contributed by atoms with Gasteiger partial charge in [0.25, 0.3) is 0 Å². The molecule has 0 aromatic heterocycles. The second kappa shape index (κ2) is 3.27. The van der Waals surface area contributed by atoms with Crippen LogP contribution in [0.5, 0.6) is 0 Å². The van der Waals surface area contributed by atoms with Gasteiger partial charge < -0.3 is 4.74 Å². The van der Waals surface area contributed by atoms with E-state index in [4.69, 9.17) is 4.55 Å². The van der Waals surface area contributed by atoms with Crippen LogP contribution in [0.1, 0.15) is 0 Å². The summed E-state index contributed by atoms with van der Waals surface area (Å²) >= 11 is 0. The fraction of sp³-hybridized carbons (Fsp3) is 0.667. The lowest BCUT2D eigenvalue weighted by Gasteiger charge is -2.04. The Hall–Kier alpha value is -0.830. The van der Waals surface area contributed by atoms with E-state index in [0.29, 0.717) is 0 Å². The summed E-state index contributed by atoms with van der Waals surface area (Å²) in [5.74, 6) is -4.37. The van der Waals surface area contributed by atoms with Crippen LogP contribution in [0.3, 0.4) is 0 Å². The Morgan fingerprint density at radius 1 is 1.42 bits per heavy atom. The lowest BCUT2D eigenvalue weighted by molar-refractivity contribution is -0.197. The average Bonchev–Trinajstić information content (AvgIpc) is 1.78. The van der Waals surface area contributed by atoms with Gasteiger partial charge in [0.05, 0.1) is 0 Å². The lowest BCUT2D eigenvalue weighted by atomic mass is 10.7. The molecule has 0 radical (unpaired) electrons. The van der Waals surface area contributed by atoms with Gasteiger partial charge in [0.15, 0.2) is 0 Å². The maximum absolute atomic E-state index is 11.3. The maximum atomic E-state index is 11.3. The number of halogens is 3. The van der Waals surface area contributed by atoms with Crippen LogP contribution in [0, 0.1) is 0 Å². The third kappa shape index (κ3) is 4.91. The van der Waals surface area contributed by atoms with E-state index in [-0.39, 0.29) is 0 Å². The fourth-order valence-corrected chi connectivity index (χ4v) is 0.466. The second-order valence-electron chi connectivity index (χ2n) is 1.63. The molecule has 0 unspecified atom stereocenters. The topological polar surface area (TPSA) is 80.7 Å². The normalized spacial score (nSPS) is 12.7. The number of esters is 1. The number of alkyl halides is 3. The minimum Gasteiger partial charge on any atom is -0.440 e. The molecule has 9 heteroatoms. The van der Waals surface area contributed by atoms with E-state index in [0.717, 1.165) is 0 Å². The van der Waals surface area contributed by atoms with Gasteiger partial charge in [-0.05, 0) is 0 Å². The van der Waals surface area contributed by atoms with Crippen molar-refractivity contribution in [2.75, 3.05) is 5.94 Å². The van der Waals surface area contributed by atoms with Crippen LogP contribution >= 0.6 is 0 Å². The first kappa shape index (κ1) is 11.2. The van der Waals surface area contributed by atoms with E-state index in [1.165, 1.54) is 0 Å². The Bertz CT molecular complexity index is 264. The van der Waals surface area contributed by atoms with Crippen LogP contribution in [0.15, 0.2) is 0 Å². The first-order chi connectivity index (χ1) is 5.13. The summed E-state index contributed by atoms with van der Waals surface area (Å²) in [6.45, 7) is 0. The molecular formula is C3H3F3O5S. The van der Waals surface area contributed by atoms with Gasteiger partial charge in [0.1, 0.15) is 0 Å². The van der Waals surface area contributed by atoms with E-state index in [9.17, 15) is 26.4 Å². The van der Waals surface area contributed by atoms with Gasteiger partial charge in [-0.1, -0.05) is 0 Å². The smallest absolute Gasteiger partial charge is 0.440 e. The predicted molar refractivity (Wildman–Crippen MR) is 28.6 cm³/mol. The van der Waals surface area contributed by atoms with Crippen molar-refractivity contribution in [2.45, 2.75) is 6.18 Å². The zero-order chi connectivity index (χ0) is 9.99. The highest BCUT2D eigenvalue weighted by atomic mass is 32.2. The molecule has 1 N–H and O–H groups in total. The van der Waals surface area contributed by atoms with Gasteiger partial charge >= 0.3 is 22.3 Å². The molecular weight excluding hydrogens is 205 g/mol. The Kier molecular flexibility index (Phi) is 3.04. The summed E-state index contributed by atoms with van der Waals surface area (Å²) in [6.07, 6.45) is -5.26. The van der Waals surface area contributed by atoms with Crippen molar-refractivity contribution in [1.82, 2.24) is 0 Å². The van der Waals surface area contributed by atoms with E-state index >= 15 is 0 Å². The molecule has 0 atom stereocenters. The molecule has 0 saturated heterocycles. The summed E-state index contributed by atoms with van der Waals surface area (Å²) in [6, 6.07) is 0. The van der Waals surface area contributed by atoms with Gasteiger partial charge in [-0.15, -0.1) is 0 Å². The highest BCUT2D eigenvalue weighted by molar-refractivity contribution is 7.85. The molecule has 0 fully saturated rings. The van der Waals surface area contributed by atoms with Gasteiger partial charge in [-0.2, -0.15) is 21.6 Å². The summed E-state index contributed by atoms with van der Waals surface area (Å²) in [5.41, 5.74) is 0. The third-order valence-electron chi connectivity index (χ3n) is 0.570. The lowest BCUT2D eigenvalue weighted by Crippen LogP contribution is -2.27. The molecule has 0 aromatic carbocycles. The minimum absolute atomic E-state index is 1.70. The number of carbonyl (C=O) groups is 1. The maximum Gasteiger partial charge on any atom is 0.490 e. The molecule has 72 valence electrons. The SMILES string of the molecule is O=C(OCS(=O)(=O)O)C(F)(F)F. The molecule has 0 spiro atoms. The Morgan fingerprint density at radius 2 is 1.83 bits per heavy atom. The molecule has 0 amide bonds. The largest absolute Gasteiger partial charge is 0.490 e. The first-order valence-corrected chi connectivity index (χ1v) is 3.93. The Balaban J connectivity index is 4.07. The molecule has 0 heterocycles. The number of hydrogen-bond acceptors (Lipinski definition) is 4. The monoisotopic (exact) mass is 208 g/mol. The third-order valence-corrected chi connectivity index (χ3v) is 0.986. The van der Waals surface area contributed by atoms with Gasteiger partial charge in [-0.3, -0.25) is 4.55 Å². The number of rotatable bonds is 2. The van der Waals surface area contributed by atoms with Gasteiger partial charge in [-0.25, -0.2) is 4.79 Å². The molecule has 0 aromatic rings. The predicted octanol–water partition coefficient (Wildman–Crippen LogP) is -0.0628. The number of carbonyl (C=O) groups excluding carboxylic acids is 1.